The summed E-state index contributed by atoms with van der Waals surface area (Å²) in [6, 6.07) is 0. The van der Waals surface area contributed by atoms with Gasteiger partial charge >= 0.3 is 11.9 Å². The Labute approximate surface area is 362 Å². The van der Waals surface area contributed by atoms with E-state index in [9.17, 15) is 37.9 Å². The van der Waals surface area contributed by atoms with Gasteiger partial charge in [0.2, 0.25) is 0 Å². The second-order valence-corrected chi connectivity index (χ2v) is 17.2. The maximum atomic E-state index is 12.8. The molecule has 0 aromatic carbocycles. The lowest BCUT2D eigenvalue weighted by molar-refractivity contribution is -0.297. The molecule has 1 aliphatic heterocycles. The van der Waals surface area contributed by atoms with Gasteiger partial charge in [0.1, 0.15) is 36.8 Å². The van der Waals surface area contributed by atoms with Gasteiger partial charge in [0.05, 0.1) is 6.61 Å². The Hall–Kier alpha value is -2.65. The van der Waals surface area contributed by atoms with Crippen LogP contribution in [-0.2, 0) is 38.7 Å². The van der Waals surface area contributed by atoms with Crippen LogP contribution in [0.3, 0.4) is 0 Å². The molecule has 4 N–H and O–H groups in total. The first-order valence-electron chi connectivity index (χ1n) is 22.8. The zero-order chi connectivity index (χ0) is 44.1. The van der Waals surface area contributed by atoms with Crippen LogP contribution < -0.4 is 0 Å². The molecule has 0 aromatic rings. The van der Waals surface area contributed by atoms with Crippen molar-refractivity contribution < 1.29 is 56.8 Å². The number of rotatable bonds is 37. The summed E-state index contributed by atoms with van der Waals surface area (Å²) >= 11 is 0. The third-order valence-corrected chi connectivity index (χ3v) is 10.9. The van der Waals surface area contributed by atoms with Crippen molar-refractivity contribution in [3.63, 3.8) is 0 Å². The van der Waals surface area contributed by atoms with Gasteiger partial charge in [0.25, 0.3) is 10.1 Å². The van der Waals surface area contributed by atoms with Crippen LogP contribution >= 0.6 is 0 Å². The summed E-state index contributed by atoms with van der Waals surface area (Å²) in [7, 11) is -4.61. The number of allylic oxidation sites excluding steroid dienone is 10. The molecule has 0 amide bonds. The number of ether oxygens (including phenoxy) is 4. The Bertz CT molecular complexity index is 1340. The van der Waals surface area contributed by atoms with Crippen molar-refractivity contribution in [2.75, 3.05) is 19.0 Å². The van der Waals surface area contributed by atoms with Gasteiger partial charge < -0.3 is 34.3 Å². The zero-order valence-corrected chi connectivity index (χ0v) is 37.6. The minimum atomic E-state index is -4.61. The van der Waals surface area contributed by atoms with Gasteiger partial charge in [-0.25, -0.2) is 0 Å². The first-order chi connectivity index (χ1) is 29.0. The second kappa shape index (κ2) is 37.0. The van der Waals surface area contributed by atoms with E-state index in [1.165, 1.54) is 70.6 Å². The van der Waals surface area contributed by atoms with Gasteiger partial charge in [0.15, 0.2) is 12.4 Å². The van der Waals surface area contributed by atoms with E-state index in [4.69, 9.17) is 18.9 Å². The molecule has 346 valence electrons. The molecule has 6 unspecified atom stereocenters. The van der Waals surface area contributed by atoms with E-state index in [-0.39, 0.29) is 19.4 Å². The quantitative estimate of drug-likeness (QED) is 0.0201. The first-order valence-corrected chi connectivity index (χ1v) is 24.5. The number of hydrogen-bond acceptors (Lipinski definition) is 11. The van der Waals surface area contributed by atoms with Gasteiger partial charge in [-0.3, -0.25) is 14.1 Å². The molecule has 60 heavy (non-hydrogen) atoms. The fourth-order valence-corrected chi connectivity index (χ4v) is 7.29. The van der Waals surface area contributed by atoms with Crippen LogP contribution in [0, 0.1) is 0 Å². The minimum absolute atomic E-state index is 0.0851. The highest BCUT2D eigenvalue weighted by molar-refractivity contribution is 7.85. The standard InChI is InChI=1S/C47H80O12S/c1-3-5-7-9-11-13-15-17-19-20-22-24-26-28-30-32-34-36-43(49)58-40(38-57-47-46(52)45(51)44(50)41(59-47)39-60(53,54)55)37-56-42(48)35-33-31-29-27-25-23-21-18-16-14-12-10-8-6-4-2/h5,7,11,13,17,19,22,24,28,30,40-41,44-47,50-52H,3-4,6,8-10,12,14-16,18,20-21,23,25-27,29,31-39H2,1-2H3,(H,53,54,55)/b7-5-,13-11-,19-17-,24-22-,30-28-. The van der Waals surface area contributed by atoms with Crippen LogP contribution in [-0.4, -0.2) is 96.0 Å². The van der Waals surface area contributed by atoms with Gasteiger partial charge in [-0.15, -0.1) is 0 Å². The molecule has 1 aliphatic rings. The van der Waals surface area contributed by atoms with Crippen molar-refractivity contribution in [3.8, 4) is 0 Å². The molecule has 6 atom stereocenters. The van der Waals surface area contributed by atoms with E-state index in [2.05, 4.69) is 62.5 Å². The van der Waals surface area contributed by atoms with Crippen LogP contribution in [0.4, 0.5) is 0 Å². The Morgan fingerprint density at radius 1 is 0.583 bits per heavy atom. The summed E-state index contributed by atoms with van der Waals surface area (Å²) in [4.78, 5) is 25.4. The monoisotopic (exact) mass is 869 g/mol. The van der Waals surface area contributed by atoms with E-state index in [0.717, 1.165) is 51.4 Å². The van der Waals surface area contributed by atoms with Gasteiger partial charge in [-0.1, -0.05) is 164 Å². The number of carbonyl (C=O) groups is 2. The fraction of sp³-hybridized carbons (Fsp3) is 0.745. The van der Waals surface area contributed by atoms with Crippen LogP contribution in [0.5, 0.6) is 0 Å². The van der Waals surface area contributed by atoms with Crippen LogP contribution in [0.2, 0.25) is 0 Å². The molecule has 1 heterocycles. The first kappa shape index (κ1) is 55.4. The van der Waals surface area contributed by atoms with Crippen molar-refractivity contribution in [1.29, 1.82) is 0 Å². The topological polar surface area (TPSA) is 186 Å². The highest BCUT2D eigenvalue weighted by Gasteiger charge is 2.46. The van der Waals surface area contributed by atoms with Gasteiger partial charge in [-0.2, -0.15) is 8.42 Å². The third kappa shape index (κ3) is 31.2. The Kier molecular flexibility index (Phi) is 34.1. The highest BCUT2D eigenvalue weighted by atomic mass is 32.2. The lowest BCUT2D eigenvalue weighted by Crippen LogP contribution is -2.60. The molecular formula is C47H80O12S. The number of hydrogen-bond donors (Lipinski definition) is 4. The van der Waals surface area contributed by atoms with Crippen LogP contribution in [0.1, 0.15) is 168 Å². The number of carbonyl (C=O) groups excluding carboxylic acids is 2. The predicted molar refractivity (Wildman–Crippen MR) is 238 cm³/mol. The van der Waals surface area contributed by atoms with Crippen molar-refractivity contribution >= 4 is 22.1 Å². The number of aliphatic hydroxyl groups is 3. The Morgan fingerprint density at radius 3 is 1.55 bits per heavy atom. The minimum Gasteiger partial charge on any atom is -0.462 e. The molecule has 1 rings (SSSR count). The smallest absolute Gasteiger partial charge is 0.306 e. The normalized spacial score (nSPS) is 20.7. The number of unbranched alkanes of at least 4 members (excludes halogenated alkanes) is 15. The molecule has 0 spiro atoms. The van der Waals surface area contributed by atoms with E-state index < -0.39 is 71.2 Å². The van der Waals surface area contributed by atoms with Crippen LogP contribution in [0.15, 0.2) is 60.8 Å². The maximum Gasteiger partial charge on any atom is 0.306 e. The molecule has 12 nitrogen and oxygen atoms in total. The summed E-state index contributed by atoms with van der Waals surface area (Å²) in [5.74, 6) is -2.06. The van der Waals surface area contributed by atoms with Gasteiger partial charge in [0, 0.05) is 12.8 Å². The fourth-order valence-electron chi connectivity index (χ4n) is 6.59. The highest BCUT2D eigenvalue weighted by Crippen LogP contribution is 2.24. The van der Waals surface area contributed by atoms with Crippen molar-refractivity contribution in [2.45, 2.75) is 205 Å². The number of aliphatic hydroxyl groups excluding tert-OH is 3. The van der Waals surface area contributed by atoms with E-state index >= 15 is 0 Å². The summed E-state index contributed by atoms with van der Waals surface area (Å²) in [5.41, 5.74) is 0. The molecule has 0 bridgehead atoms. The molecule has 1 fully saturated rings. The molecule has 1 saturated heterocycles. The Balaban J connectivity index is 2.49. The second-order valence-electron chi connectivity index (χ2n) is 15.7. The maximum absolute atomic E-state index is 12.8. The third-order valence-electron chi connectivity index (χ3n) is 10.1. The summed E-state index contributed by atoms with van der Waals surface area (Å²) in [6.07, 6.45) is 35.6. The Morgan fingerprint density at radius 2 is 1.05 bits per heavy atom. The number of esters is 2. The van der Waals surface area contributed by atoms with E-state index in [1.807, 2.05) is 12.2 Å². The molecular weight excluding hydrogens is 789 g/mol. The average molecular weight is 869 g/mol. The zero-order valence-electron chi connectivity index (χ0n) is 36.8. The van der Waals surface area contributed by atoms with Gasteiger partial charge in [-0.05, 0) is 51.4 Å². The SMILES string of the molecule is CC/C=C\C/C=C\C/C=C\C/C=C\C/C=C\CCCC(=O)OC(COC(=O)CCCCCCCCCCCCCCCCC)COC1OC(CS(=O)(=O)O)C(O)C(O)C1O. The van der Waals surface area contributed by atoms with Crippen molar-refractivity contribution in [2.24, 2.45) is 0 Å². The lowest BCUT2D eigenvalue weighted by atomic mass is 10.00. The van der Waals surface area contributed by atoms with Crippen molar-refractivity contribution in [1.82, 2.24) is 0 Å². The summed E-state index contributed by atoms with van der Waals surface area (Å²) in [6.45, 7) is 3.60. The molecule has 0 aliphatic carbocycles. The molecule has 0 saturated carbocycles. The lowest BCUT2D eigenvalue weighted by Gasteiger charge is -2.40. The average Bonchev–Trinajstić information content (AvgIpc) is 3.21. The van der Waals surface area contributed by atoms with E-state index in [1.54, 1.807) is 0 Å². The predicted octanol–water partition coefficient (Wildman–Crippen LogP) is 9.34. The summed E-state index contributed by atoms with van der Waals surface area (Å²) < 4.78 is 54.0. The molecule has 13 heteroatoms. The molecule has 0 aromatic heterocycles. The van der Waals surface area contributed by atoms with Crippen molar-refractivity contribution in [3.05, 3.63) is 60.8 Å². The largest absolute Gasteiger partial charge is 0.462 e. The molecule has 0 radical (unpaired) electrons. The van der Waals surface area contributed by atoms with Crippen LogP contribution in [0.25, 0.3) is 0 Å². The van der Waals surface area contributed by atoms with E-state index in [0.29, 0.717) is 19.3 Å². The summed E-state index contributed by atoms with van der Waals surface area (Å²) in [5, 5.41) is 30.9.